The van der Waals surface area contributed by atoms with Gasteiger partial charge in [-0.3, -0.25) is 4.79 Å². The van der Waals surface area contributed by atoms with Crippen LogP contribution >= 0.6 is 0 Å². The molecule has 26 heavy (non-hydrogen) atoms. The number of fused-ring (bicyclic) bond motifs is 1. The first-order valence-electron chi connectivity index (χ1n) is 8.79. The maximum atomic E-state index is 12.3. The van der Waals surface area contributed by atoms with Crippen molar-refractivity contribution < 1.29 is 13.2 Å². The van der Waals surface area contributed by atoms with E-state index in [0.29, 0.717) is 12.1 Å². The standard InChI is InChI=1S/C20H24N2O3S/c1-22(2)26(24,25)19-11-9-18(10-12-19)21-20(23)14-15-7-8-16-5-3-4-6-17(16)13-15/h7-13H,3-6,14H2,1-2H3,(H,21,23). The second-order valence-corrected chi connectivity index (χ2v) is 9.00. The molecule has 0 radical (unpaired) electrons. The minimum absolute atomic E-state index is 0.107. The fourth-order valence-corrected chi connectivity index (χ4v) is 4.11. The molecule has 6 heteroatoms. The molecule has 5 nitrogen and oxygen atoms in total. The van der Waals surface area contributed by atoms with Crippen molar-refractivity contribution in [3.8, 4) is 0 Å². The number of rotatable bonds is 5. The third-order valence-corrected chi connectivity index (χ3v) is 6.52. The van der Waals surface area contributed by atoms with E-state index in [1.165, 1.54) is 50.2 Å². The smallest absolute Gasteiger partial charge is 0.242 e. The number of hydrogen-bond donors (Lipinski definition) is 1. The van der Waals surface area contributed by atoms with Gasteiger partial charge in [-0.2, -0.15) is 0 Å². The maximum Gasteiger partial charge on any atom is 0.242 e. The molecule has 1 aliphatic carbocycles. The Hall–Kier alpha value is -2.18. The molecule has 138 valence electrons. The molecule has 1 amide bonds. The Bertz CT molecular complexity index is 903. The van der Waals surface area contributed by atoms with E-state index in [-0.39, 0.29) is 10.8 Å². The maximum absolute atomic E-state index is 12.3. The van der Waals surface area contributed by atoms with Gasteiger partial charge in [-0.25, -0.2) is 12.7 Å². The van der Waals surface area contributed by atoms with E-state index in [4.69, 9.17) is 0 Å². The largest absolute Gasteiger partial charge is 0.326 e. The molecule has 2 aromatic carbocycles. The van der Waals surface area contributed by atoms with Crippen molar-refractivity contribution in [2.75, 3.05) is 19.4 Å². The number of aryl methyl sites for hydroxylation is 2. The molecular formula is C20H24N2O3S. The van der Waals surface area contributed by atoms with Crippen molar-refractivity contribution in [3.05, 3.63) is 59.2 Å². The molecule has 1 N–H and O–H groups in total. The lowest BCUT2D eigenvalue weighted by molar-refractivity contribution is -0.115. The van der Waals surface area contributed by atoms with E-state index in [1.807, 2.05) is 6.07 Å². The van der Waals surface area contributed by atoms with E-state index in [9.17, 15) is 13.2 Å². The molecule has 1 aliphatic rings. The van der Waals surface area contributed by atoms with Crippen LogP contribution in [-0.4, -0.2) is 32.7 Å². The van der Waals surface area contributed by atoms with Gasteiger partial charge in [0.25, 0.3) is 0 Å². The van der Waals surface area contributed by atoms with E-state index in [0.717, 1.165) is 22.7 Å². The number of sulfonamides is 1. The van der Waals surface area contributed by atoms with E-state index >= 15 is 0 Å². The van der Waals surface area contributed by atoms with Gasteiger partial charge in [0, 0.05) is 19.8 Å². The predicted octanol–water partition coefficient (Wildman–Crippen LogP) is 3.00. The Morgan fingerprint density at radius 3 is 2.31 bits per heavy atom. The minimum atomic E-state index is -3.46. The Balaban J connectivity index is 1.65. The normalized spacial score (nSPS) is 14.1. The summed E-state index contributed by atoms with van der Waals surface area (Å²) in [7, 11) is -0.480. The molecule has 0 fully saturated rings. The topological polar surface area (TPSA) is 66.5 Å². The number of hydrogen-bond acceptors (Lipinski definition) is 3. The second kappa shape index (κ2) is 7.60. The number of benzene rings is 2. The van der Waals surface area contributed by atoms with Crippen LogP contribution in [0.5, 0.6) is 0 Å². The monoisotopic (exact) mass is 372 g/mol. The molecule has 0 aromatic heterocycles. The molecule has 0 bridgehead atoms. The quantitative estimate of drug-likeness (QED) is 0.877. The summed E-state index contributed by atoms with van der Waals surface area (Å²) in [5.74, 6) is -0.107. The SMILES string of the molecule is CN(C)S(=O)(=O)c1ccc(NC(=O)Cc2ccc3c(c2)CCCC3)cc1. The number of amides is 1. The summed E-state index contributed by atoms with van der Waals surface area (Å²) in [5.41, 5.74) is 4.36. The summed E-state index contributed by atoms with van der Waals surface area (Å²) >= 11 is 0. The molecule has 2 aromatic rings. The molecular weight excluding hydrogens is 348 g/mol. The van der Waals surface area contributed by atoms with E-state index in [1.54, 1.807) is 12.1 Å². The van der Waals surface area contributed by atoms with Crippen LogP contribution in [0.3, 0.4) is 0 Å². The molecule has 3 rings (SSSR count). The van der Waals surface area contributed by atoms with Crippen LogP contribution in [0.25, 0.3) is 0 Å². The first-order valence-corrected chi connectivity index (χ1v) is 10.2. The number of carbonyl (C=O) groups excluding carboxylic acids is 1. The summed E-state index contributed by atoms with van der Waals surface area (Å²) in [6.07, 6.45) is 4.98. The van der Waals surface area contributed by atoms with Crippen LogP contribution in [0.1, 0.15) is 29.5 Å². The molecule has 0 saturated heterocycles. The molecule has 0 spiro atoms. The summed E-state index contributed by atoms with van der Waals surface area (Å²) in [6, 6.07) is 12.5. The number of nitrogens with one attached hydrogen (secondary N) is 1. The van der Waals surface area contributed by atoms with E-state index < -0.39 is 10.0 Å². The first kappa shape index (κ1) is 18.6. The van der Waals surface area contributed by atoms with Crippen molar-refractivity contribution in [2.45, 2.75) is 37.0 Å². The Morgan fingerprint density at radius 2 is 1.65 bits per heavy atom. The lowest BCUT2D eigenvalue weighted by atomic mass is 9.90. The van der Waals surface area contributed by atoms with Gasteiger partial charge in [0.15, 0.2) is 0 Å². The third-order valence-electron chi connectivity index (χ3n) is 4.69. The van der Waals surface area contributed by atoms with Crippen LogP contribution in [0, 0.1) is 0 Å². The molecule has 0 unspecified atom stereocenters. The molecule has 0 saturated carbocycles. The summed E-state index contributed by atoms with van der Waals surface area (Å²) in [4.78, 5) is 12.5. The van der Waals surface area contributed by atoms with Gasteiger partial charge in [0.1, 0.15) is 0 Å². The van der Waals surface area contributed by atoms with Crippen LogP contribution < -0.4 is 5.32 Å². The van der Waals surface area contributed by atoms with Gasteiger partial charge in [-0.05, 0) is 66.6 Å². The Morgan fingerprint density at radius 1 is 1.00 bits per heavy atom. The first-order chi connectivity index (χ1) is 12.4. The Kier molecular flexibility index (Phi) is 5.44. The lowest BCUT2D eigenvalue weighted by Crippen LogP contribution is -2.22. The van der Waals surface area contributed by atoms with Crippen LogP contribution in [0.15, 0.2) is 47.4 Å². The number of carbonyl (C=O) groups is 1. The third kappa shape index (κ3) is 4.14. The molecule has 0 heterocycles. The zero-order chi connectivity index (χ0) is 18.7. The van der Waals surface area contributed by atoms with Crippen LogP contribution in [0.2, 0.25) is 0 Å². The highest BCUT2D eigenvalue weighted by atomic mass is 32.2. The van der Waals surface area contributed by atoms with Crippen molar-refractivity contribution in [1.82, 2.24) is 4.31 Å². The highest BCUT2D eigenvalue weighted by Gasteiger charge is 2.17. The second-order valence-electron chi connectivity index (χ2n) is 6.85. The average molecular weight is 372 g/mol. The van der Waals surface area contributed by atoms with Gasteiger partial charge >= 0.3 is 0 Å². The lowest BCUT2D eigenvalue weighted by Gasteiger charge is -2.16. The van der Waals surface area contributed by atoms with Crippen molar-refractivity contribution in [1.29, 1.82) is 0 Å². The summed E-state index contributed by atoms with van der Waals surface area (Å²) in [6.45, 7) is 0. The fraction of sp³-hybridized carbons (Fsp3) is 0.350. The highest BCUT2D eigenvalue weighted by Crippen LogP contribution is 2.23. The number of anilines is 1. The van der Waals surface area contributed by atoms with Gasteiger partial charge in [0.2, 0.25) is 15.9 Å². The van der Waals surface area contributed by atoms with Crippen LogP contribution in [0.4, 0.5) is 5.69 Å². The highest BCUT2D eigenvalue weighted by molar-refractivity contribution is 7.89. The van der Waals surface area contributed by atoms with Gasteiger partial charge < -0.3 is 5.32 Å². The summed E-state index contributed by atoms with van der Waals surface area (Å²) in [5, 5.41) is 2.83. The van der Waals surface area contributed by atoms with Crippen molar-refractivity contribution >= 4 is 21.6 Å². The Labute approximate surface area is 155 Å². The van der Waals surface area contributed by atoms with E-state index in [2.05, 4.69) is 17.4 Å². The summed E-state index contributed by atoms with van der Waals surface area (Å²) < 4.78 is 25.3. The predicted molar refractivity (Wildman–Crippen MR) is 103 cm³/mol. The molecule has 0 atom stereocenters. The zero-order valence-corrected chi connectivity index (χ0v) is 16.0. The number of nitrogens with zero attached hydrogens (tertiary/aromatic N) is 1. The van der Waals surface area contributed by atoms with Gasteiger partial charge in [0.05, 0.1) is 11.3 Å². The van der Waals surface area contributed by atoms with Gasteiger partial charge in [-0.1, -0.05) is 18.2 Å². The van der Waals surface area contributed by atoms with Gasteiger partial charge in [-0.15, -0.1) is 0 Å². The van der Waals surface area contributed by atoms with Crippen molar-refractivity contribution in [3.63, 3.8) is 0 Å². The van der Waals surface area contributed by atoms with Crippen LogP contribution in [-0.2, 0) is 34.1 Å². The fourth-order valence-electron chi connectivity index (χ4n) is 3.21. The van der Waals surface area contributed by atoms with Crippen molar-refractivity contribution in [2.24, 2.45) is 0 Å². The minimum Gasteiger partial charge on any atom is -0.326 e. The average Bonchev–Trinajstić information content (AvgIpc) is 2.62. The molecule has 0 aliphatic heterocycles. The zero-order valence-electron chi connectivity index (χ0n) is 15.2.